The summed E-state index contributed by atoms with van der Waals surface area (Å²) in [5.74, 6) is 2.80. The second-order valence-corrected chi connectivity index (χ2v) is 6.07. The molecule has 0 saturated carbocycles. The van der Waals surface area contributed by atoms with E-state index in [-0.39, 0.29) is 0 Å². The van der Waals surface area contributed by atoms with Crippen molar-refractivity contribution < 1.29 is 9.53 Å². The summed E-state index contributed by atoms with van der Waals surface area (Å²) in [6.07, 6.45) is 0.632. The molecule has 0 aliphatic carbocycles. The van der Waals surface area contributed by atoms with Crippen LogP contribution in [-0.2, 0) is 18.7 Å². The number of aryl methyl sites for hydroxylation is 1. The van der Waals surface area contributed by atoms with Crippen LogP contribution in [0.1, 0.15) is 16.7 Å². The van der Waals surface area contributed by atoms with Crippen molar-refractivity contribution in [2.75, 3.05) is 5.75 Å². The number of hydrogen-bond donors (Lipinski definition) is 1. The fraction of sp³-hybridized carbons (Fsp3) is 0.235. The van der Waals surface area contributed by atoms with Crippen molar-refractivity contribution in [3.05, 3.63) is 65.2 Å². The number of carbonyl (C=O) groups excluding carboxylic acids is 1. The minimum atomic E-state index is -0.413. The Bertz CT molecular complexity index is 628. The molecular weight excluding hydrogens is 282 g/mol. The average molecular weight is 299 g/mol. The third-order valence-electron chi connectivity index (χ3n) is 3.44. The summed E-state index contributed by atoms with van der Waals surface area (Å²) in [7, 11) is 0. The SMILES string of the molecule is O=C(NCc1ccccc1)Oc1ccc2c(c1)CCSC2. The minimum Gasteiger partial charge on any atom is -0.410 e. The molecule has 0 atom stereocenters. The molecule has 1 aliphatic rings. The molecule has 2 aromatic carbocycles. The van der Waals surface area contributed by atoms with Crippen molar-refractivity contribution in [1.82, 2.24) is 5.32 Å². The topological polar surface area (TPSA) is 38.3 Å². The summed E-state index contributed by atoms with van der Waals surface area (Å²) >= 11 is 1.94. The zero-order valence-electron chi connectivity index (χ0n) is 11.7. The van der Waals surface area contributed by atoms with Gasteiger partial charge in [-0.25, -0.2) is 4.79 Å². The lowest BCUT2D eigenvalue weighted by Gasteiger charge is -2.16. The molecule has 4 heteroatoms. The van der Waals surface area contributed by atoms with Crippen LogP contribution in [0.4, 0.5) is 4.79 Å². The molecule has 0 saturated heterocycles. The van der Waals surface area contributed by atoms with Crippen molar-refractivity contribution in [1.29, 1.82) is 0 Å². The normalized spacial score (nSPS) is 13.3. The van der Waals surface area contributed by atoms with Crippen molar-refractivity contribution >= 4 is 17.9 Å². The molecule has 2 aromatic rings. The molecule has 1 N–H and O–H groups in total. The molecule has 108 valence electrons. The van der Waals surface area contributed by atoms with Crippen LogP contribution in [0, 0.1) is 0 Å². The van der Waals surface area contributed by atoms with Crippen molar-refractivity contribution in [3.8, 4) is 5.75 Å². The number of ether oxygens (including phenoxy) is 1. The smallest absolute Gasteiger partial charge is 0.410 e. The monoisotopic (exact) mass is 299 g/mol. The largest absolute Gasteiger partial charge is 0.412 e. The van der Waals surface area contributed by atoms with E-state index in [1.54, 1.807) is 0 Å². The summed E-state index contributed by atoms with van der Waals surface area (Å²) in [6.45, 7) is 0.473. The fourth-order valence-corrected chi connectivity index (χ4v) is 3.33. The Morgan fingerprint density at radius 2 is 2.00 bits per heavy atom. The third kappa shape index (κ3) is 3.79. The zero-order chi connectivity index (χ0) is 14.5. The standard InChI is InChI=1S/C17H17NO2S/c19-17(18-11-13-4-2-1-3-5-13)20-16-7-6-15-12-21-9-8-14(15)10-16/h1-7,10H,8-9,11-12H2,(H,18,19). The van der Waals surface area contributed by atoms with Gasteiger partial charge < -0.3 is 10.1 Å². The van der Waals surface area contributed by atoms with E-state index in [4.69, 9.17) is 4.74 Å². The van der Waals surface area contributed by atoms with Crippen LogP contribution in [0.3, 0.4) is 0 Å². The second-order valence-electron chi connectivity index (χ2n) is 4.96. The first-order chi connectivity index (χ1) is 10.3. The number of amides is 1. The highest BCUT2D eigenvalue weighted by Gasteiger charge is 2.11. The van der Waals surface area contributed by atoms with Gasteiger partial charge in [-0.15, -0.1) is 0 Å². The van der Waals surface area contributed by atoms with E-state index in [0.717, 1.165) is 23.5 Å². The molecule has 1 heterocycles. The minimum absolute atomic E-state index is 0.413. The Balaban J connectivity index is 1.57. The number of carbonyl (C=O) groups is 1. The molecule has 0 fully saturated rings. The van der Waals surface area contributed by atoms with Gasteiger partial charge in [0.2, 0.25) is 0 Å². The fourth-order valence-electron chi connectivity index (χ4n) is 2.32. The number of nitrogens with one attached hydrogen (secondary N) is 1. The molecule has 0 unspecified atom stereocenters. The van der Waals surface area contributed by atoms with E-state index >= 15 is 0 Å². The Kier molecular flexibility index (Phi) is 4.46. The van der Waals surface area contributed by atoms with Gasteiger partial charge in [-0.3, -0.25) is 0 Å². The van der Waals surface area contributed by atoms with Crippen molar-refractivity contribution in [3.63, 3.8) is 0 Å². The van der Waals surface area contributed by atoms with E-state index in [9.17, 15) is 4.79 Å². The summed E-state index contributed by atoms with van der Waals surface area (Å²) in [5, 5.41) is 2.76. The highest BCUT2D eigenvalue weighted by molar-refractivity contribution is 7.98. The summed E-state index contributed by atoms with van der Waals surface area (Å²) in [5.41, 5.74) is 3.70. The molecule has 1 amide bonds. The van der Waals surface area contributed by atoms with Gasteiger partial charge >= 0.3 is 6.09 Å². The van der Waals surface area contributed by atoms with Crippen LogP contribution >= 0.6 is 11.8 Å². The molecule has 1 aliphatic heterocycles. The highest BCUT2D eigenvalue weighted by Crippen LogP contribution is 2.27. The lowest BCUT2D eigenvalue weighted by molar-refractivity contribution is 0.200. The van der Waals surface area contributed by atoms with Gasteiger partial charge in [0.05, 0.1) is 0 Å². The maximum atomic E-state index is 11.8. The number of benzene rings is 2. The first-order valence-corrected chi connectivity index (χ1v) is 8.16. The van der Waals surface area contributed by atoms with Crippen LogP contribution in [0.2, 0.25) is 0 Å². The van der Waals surface area contributed by atoms with E-state index in [2.05, 4.69) is 11.4 Å². The molecular formula is C17H17NO2S. The predicted molar refractivity (Wildman–Crippen MR) is 85.6 cm³/mol. The molecule has 0 bridgehead atoms. The van der Waals surface area contributed by atoms with Crippen LogP contribution in [0.25, 0.3) is 0 Å². The quantitative estimate of drug-likeness (QED) is 0.937. The van der Waals surface area contributed by atoms with Gasteiger partial charge in [-0.05, 0) is 41.0 Å². The van der Waals surface area contributed by atoms with Crippen LogP contribution < -0.4 is 10.1 Å². The maximum Gasteiger partial charge on any atom is 0.412 e. The van der Waals surface area contributed by atoms with Crippen molar-refractivity contribution in [2.45, 2.75) is 18.7 Å². The highest BCUT2D eigenvalue weighted by atomic mass is 32.2. The van der Waals surface area contributed by atoms with Gasteiger partial charge in [0.15, 0.2) is 0 Å². The molecule has 21 heavy (non-hydrogen) atoms. The second kappa shape index (κ2) is 6.68. The Labute approximate surface area is 128 Å². The average Bonchev–Trinajstić information content (AvgIpc) is 2.54. The zero-order valence-corrected chi connectivity index (χ0v) is 12.5. The van der Waals surface area contributed by atoms with Gasteiger partial charge in [-0.2, -0.15) is 11.8 Å². The van der Waals surface area contributed by atoms with E-state index in [0.29, 0.717) is 12.3 Å². The number of thioether (sulfide) groups is 1. The Morgan fingerprint density at radius 3 is 2.86 bits per heavy atom. The Hall–Kier alpha value is -1.94. The summed E-state index contributed by atoms with van der Waals surface area (Å²) in [4.78, 5) is 11.8. The van der Waals surface area contributed by atoms with Gasteiger partial charge in [-0.1, -0.05) is 36.4 Å². The first-order valence-electron chi connectivity index (χ1n) is 7.00. The first kappa shape index (κ1) is 14.0. The molecule has 0 aromatic heterocycles. The lowest BCUT2D eigenvalue weighted by Crippen LogP contribution is -2.26. The maximum absolute atomic E-state index is 11.8. The van der Waals surface area contributed by atoms with Crippen LogP contribution in [0.15, 0.2) is 48.5 Å². The van der Waals surface area contributed by atoms with Gasteiger partial charge in [0, 0.05) is 12.3 Å². The molecule has 3 nitrogen and oxygen atoms in total. The molecule has 0 spiro atoms. The third-order valence-corrected chi connectivity index (χ3v) is 4.45. The lowest BCUT2D eigenvalue weighted by atomic mass is 10.1. The number of hydrogen-bond acceptors (Lipinski definition) is 3. The number of rotatable bonds is 3. The summed E-state index contributed by atoms with van der Waals surface area (Å²) < 4.78 is 5.35. The Morgan fingerprint density at radius 1 is 1.14 bits per heavy atom. The summed E-state index contributed by atoms with van der Waals surface area (Å²) in [6, 6.07) is 15.7. The van der Waals surface area contributed by atoms with E-state index in [1.807, 2.05) is 54.2 Å². The van der Waals surface area contributed by atoms with Gasteiger partial charge in [0.25, 0.3) is 0 Å². The molecule has 3 rings (SSSR count). The van der Waals surface area contributed by atoms with Gasteiger partial charge in [0.1, 0.15) is 5.75 Å². The number of fused-ring (bicyclic) bond motifs is 1. The molecule has 0 radical (unpaired) electrons. The van der Waals surface area contributed by atoms with Crippen LogP contribution in [0.5, 0.6) is 5.75 Å². The van der Waals surface area contributed by atoms with Crippen LogP contribution in [-0.4, -0.2) is 11.8 Å². The van der Waals surface area contributed by atoms with E-state index < -0.39 is 6.09 Å². The van der Waals surface area contributed by atoms with Crippen molar-refractivity contribution in [2.24, 2.45) is 0 Å². The predicted octanol–water partition coefficient (Wildman–Crippen LogP) is 3.76. The van der Waals surface area contributed by atoms with E-state index in [1.165, 1.54) is 11.1 Å².